The molecule has 0 saturated heterocycles. The Kier molecular flexibility index (Phi) is 5.41. The summed E-state index contributed by atoms with van der Waals surface area (Å²) in [6, 6.07) is 6.47. The molecule has 2 aromatic rings. The second kappa shape index (κ2) is 7.51. The van der Waals surface area contributed by atoms with Gasteiger partial charge >= 0.3 is 17.9 Å². The molecule has 1 aromatic heterocycles. The number of carbonyl (C=O) groups excluding carboxylic acids is 3. The maximum absolute atomic E-state index is 12.6. The lowest BCUT2D eigenvalue weighted by Crippen LogP contribution is -2.31. The number of nitrogens with zero attached hydrogens (tertiary/aromatic N) is 1. The second-order valence-electron chi connectivity index (χ2n) is 4.92. The highest BCUT2D eigenvalue weighted by Gasteiger charge is 2.32. The Hall–Kier alpha value is -3.62. The lowest BCUT2D eigenvalue weighted by Gasteiger charge is -2.17. The third-order valence-electron chi connectivity index (χ3n) is 3.51. The number of esters is 3. The van der Waals surface area contributed by atoms with E-state index in [-0.39, 0.29) is 11.4 Å². The molecule has 136 valence electrons. The van der Waals surface area contributed by atoms with Crippen LogP contribution in [-0.4, -0.2) is 48.9 Å². The van der Waals surface area contributed by atoms with Crippen LogP contribution in [0.4, 0.5) is 0 Å². The molecule has 0 aliphatic heterocycles. The van der Waals surface area contributed by atoms with Crippen LogP contribution in [0.2, 0.25) is 0 Å². The molecular weight excluding hydrogens is 346 g/mol. The van der Waals surface area contributed by atoms with Gasteiger partial charge in [0.05, 0.1) is 32.6 Å². The van der Waals surface area contributed by atoms with E-state index < -0.39 is 40.3 Å². The van der Waals surface area contributed by atoms with Crippen molar-refractivity contribution < 1.29 is 33.7 Å². The van der Waals surface area contributed by atoms with Crippen LogP contribution in [-0.2, 0) is 14.2 Å². The topological polar surface area (TPSA) is 121 Å². The van der Waals surface area contributed by atoms with E-state index in [0.717, 1.165) is 32.0 Å². The lowest BCUT2D eigenvalue weighted by atomic mass is 10.0. The van der Waals surface area contributed by atoms with Crippen molar-refractivity contribution in [3.8, 4) is 11.4 Å². The molecule has 9 heteroatoms. The van der Waals surface area contributed by atoms with Crippen molar-refractivity contribution in [2.75, 3.05) is 21.3 Å². The number of ether oxygens (including phenoxy) is 3. The predicted octanol–water partition coefficient (Wildman–Crippen LogP) is 0.903. The van der Waals surface area contributed by atoms with Gasteiger partial charge in [0, 0.05) is 6.07 Å². The monoisotopic (exact) mass is 361 g/mol. The zero-order valence-corrected chi connectivity index (χ0v) is 14.1. The zero-order chi connectivity index (χ0) is 19.4. The van der Waals surface area contributed by atoms with Gasteiger partial charge in [-0.05, 0) is 12.1 Å². The first-order chi connectivity index (χ1) is 12.4. The van der Waals surface area contributed by atoms with Crippen LogP contribution in [0.15, 0.2) is 35.1 Å². The van der Waals surface area contributed by atoms with E-state index in [9.17, 15) is 24.3 Å². The Bertz CT molecular complexity index is 944. The quantitative estimate of drug-likeness (QED) is 0.630. The first-order valence-corrected chi connectivity index (χ1v) is 7.20. The number of phenols is 1. The molecule has 1 aromatic carbocycles. The van der Waals surface area contributed by atoms with E-state index >= 15 is 0 Å². The summed E-state index contributed by atoms with van der Waals surface area (Å²) in [5.41, 5.74) is -2.50. The Morgan fingerprint density at radius 2 is 1.50 bits per heavy atom. The third kappa shape index (κ3) is 3.14. The van der Waals surface area contributed by atoms with Gasteiger partial charge in [-0.2, -0.15) is 0 Å². The summed E-state index contributed by atoms with van der Waals surface area (Å²) in [5.74, 6) is -3.50. The first-order valence-electron chi connectivity index (χ1n) is 7.20. The fourth-order valence-electron chi connectivity index (χ4n) is 2.37. The molecule has 2 rings (SSSR count). The summed E-state index contributed by atoms with van der Waals surface area (Å²) in [6.07, 6.45) is 0. The van der Waals surface area contributed by atoms with Gasteiger partial charge in [0.25, 0.3) is 5.56 Å². The molecule has 0 unspecified atom stereocenters. The molecule has 0 radical (unpaired) electrons. The maximum atomic E-state index is 12.6. The third-order valence-corrected chi connectivity index (χ3v) is 3.51. The molecule has 0 fully saturated rings. The molecular formula is C17H15NO8. The normalized spacial score (nSPS) is 10.1. The highest BCUT2D eigenvalue weighted by Crippen LogP contribution is 2.25. The second-order valence-corrected chi connectivity index (χ2v) is 4.92. The van der Waals surface area contributed by atoms with Crippen molar-refractivity contribution in [2.24, 2.45) is 0 Å². The van der Waals surface area contributed by atoms with Crippen LogP contribution in [0.3, 0.4) is 0 Å². The van der Waals surface area contributed by atoms with Gasteiger partial charge in [-0.25, -0.2) is 14.4 Å². The molecule has 0 aliphatic rings. The Morgan fingerprint density at radius 3 is 2.04 bits per heavy atom. The van der Waals surface area contributed by atoms with E-state index in [4.69, 9.17) is 0 Å². The summed E-state index contributed by atoms with van der Waals surface area (Å²) in [5, 5.41) is 10.1. The molecule has 1 heterocycles. The minimum Gasteiger partial charge on any atom is -0.506 e. The van der Waals surface area contributed by atoms with E-state index in [1.807, 2.05) is 0 Å². The predicted molar refractivity (Wildman–Crippen MR) is 87.7 cm³/mol. The number of hydrogen-bond acceptors (Lipinski definition) is 8. The number of para-hydroxylation sites is 2. The Labute approximate surface area is 147 Å². The number of benzene rings is 1. The van der Waals surface area contributed by atoms with Crippen LogP contribution in [0, 0.1) is 0 Å². The minimum absolute atomic E-state index is 0.0838. The highest BCUT2D eigenvalue weighted by atomic mass is 16.5. The van der Waals surface area contributed by atoms with Crippen LogP contribution in [0.5, 0.6) is 5.75 Å². The van der Waals surface area contributed by atoms with Gasteiger partial charge in [0.2, 0.25) is 0 Å². The zero-order valence-electron chi connectivity index (χ0n) is 14.1. The number of aromatic hydroxyl groups is 1. The number of methoxy groups -OCH3 is 3. The molecule has 0 saturated carbocycles. The summed E-state index contributed by atoms with van der Waals surface area (Å²) < 4.78 is 14.6. The fraction of sp³-hybridized carbons (Fsp3) is 0.176. The van der Waals surface area contributed by atoms with E-state index in [0.29, 0.717) is 0 Å². The van der Waals surface area contributed by atoms with Crippen LogP contribution in [0.1, 0.15) is 31.2 Å². The van der Waals surface area contributed by atoms with Gasteiger partial charge in [-0.1, -0.05) is 12.1 Å². The van der Waals surface area contributed by atoms with Crippen molar-refractivity contribution in [1.29, 1.82) is 0 Å². The highest BCUT2D eigenvalue weighted by molar-refractivity contribution is 6.09. The van der Waals surface area contributed by atoms with E-state index in [2.05, 4.69) is 14.2 Å². The number of phenolic OH excluding ortho intramolecular Hbond substituents is 1. The van der Waals surface area contributed by atoms with Crippen molar-refractivity contribution in [1.82, 2.24) is 4.57 Å². The van der Waals surface area contributed by atoms with Crippen molar-refractivity contribution in [3.05, 3.63) is 57.5 Å². The van der Waals surface area contributed by atoms with E-state index in [1.165, 1.54) is 24.3 Å². The molecule has 0 aliphatic carbocycles. The van der Waals surface area contributed by atoms with Gasteiger partial charge in [-0.3, -0.25) is 9.36 Å². The molecule has 9 nitrogen and oxygen atoms in total. The number of aromatic nitrogens is 1. The lowest BCUT2D eigenvalue weighted by molar-refractivity contribution is 0.0528. The average molecular weight is 361 g/mol. The first kappa shape index (κ1) is 18.7. The summed E-state index contributed by atoms with van der Waals surface area (Å²) >= 11 is 0. The smallest absolute Gasteiger partial charge is 0.356 e. The number of rotatable bonds is 4. The van der Waals surface area contributed by atoms with Crippen LogP contribution < -0.4 is 5.56 Å². The summed E-state index contributed by atoms with van der Waals surface area (Å²) in [4.78, 5) is 49.2. The number of carbonyl (C=O) groups is 3. The Morgan fingerprint density at radius 1 is 0.923 bits per heavy atom. The molecule has 0 bridgehead atoms. The molecule has 0 amide bonds. The van der Waals surface area contributed by atoms with Gasteiger partial charge in [0.1, 0.15) is 11.3 Å². The summed E-state index contributed by atoms with van der Waals surface area (Å²) in [6.45, 7) is 0. The van der Waals surface area contributed by atoms with E-state index in [1.54, 1.807) is 0 Å². The largest absolute Gasteiger partial charge is 0.506 e. The van der Waals surface area contributed by atoms with Crippen molar-refractivity contribution in [2.45, 2.75) is 0 Å². The number of hydrogen-bond donors (Lipinski definition) is 1. The molecule has 26 heavy (non-hydrogen) atoms. The molecule has 1 N–H and O–H groups in total. The van der Waals surface area contributed by atoms with Gasteiger partial charge in [-0.15, -0.1) is 0 Å². The number of pyridine rings is 1. The van der Waals surface area contributed by atoms with Crippen LogP contribution in [0.25, 0.3) is 5.69 Å². The molecule has 0 atom stereocenters. The summed E-state index contributed by atoms with van der Waals surface area (Å²) in [7, 11) is 3.13. The van der Waals surface area contributed by atoms with Gasteiger partial charge in [0.15, 0.2) is 5.69 Å². The Balaban J connectivity index is 3.05. The van der Waals surface area contributed by atoms with Crippen LogP contribution >= 0.6 is 0 Å². The fourth-order valence-corrected chi connectivity index (χ4v) is 2.37. The van der Waals surface area contributed by atoms with Crippen molar-refractivity contribution in [3.63, 3.8) is 0 Å². The maximum Gasteiger partial charge on any atom is 0.356 e. The van der Waals surface area contributed by atoms with Gasteiger partial charge < -0.3 is 19.3 Å². The standard InChI is InChI=1S/C17H15NO8/c1-24-15(21)9-8-12(20)18(10-6-4-5-7-11(10)19)14(17(23)26-3)13(9)16(22)25-2/h4-8,19H,1-3H3. The minimum atomic E-state index is -1.09. The average Bonchev–Trinajstić information content (AvgIpc) is 2.65. The molecule has 0 spiro atoms. The van der Waals surface area contributed by atoms with Crippen molar-refractivity contribution >= 4 is 17.9 Å². The SMILES string of the molecule is COC(=O)c1cc(=O)n(-c2ccccc2O)c(C(=O)OC)c1C(=O)OC.